The smallest absolute Gasteiger partial charge is 0.314 e. The van der Waals surface area contributed by atoms with E-state index in [0.29, 0.717) is 0 Å². The van der Waals surface area contributed by atoms with Crippen LogP contribution >= 0.6 is 11.8 Å². The lowest BCUT2D eigenvalue weighted by Gasteiger charge is -2.39. The maximum atomic E-state index is 11.6. The second-order valence-corrected chi connectivity index (χ2v) is 5.73. The molecule has 2 rings (SSSR count). The lowest BCUT2D eigenvalue weighted by molar-refractivity contribution is -0.147. The second kappa shape index (κ2) is 4.37. The van der Waals surface area contributed by atoms with Gasteiger partial charge in [-0.2, -0.15) is 0 Å². The first-order chi connectivity index (χ1) is 8.01. The van der Waals surface area contributed by atoms with Gasteiger partial charge in [-0.15, -0.1) is 11.8 Å². The summed E-state index contributed by atoms with van der Waals surface area (Å²) in [7, 11) is 0. The molecule has 0 saturated heterocycles. The van der Waals surface area contributed by atoms with Crippen LogP contribution in [0.25, 0.3) is 0 Å². The van der Waals surface area contributed by atoms with Crippen LogP contribution in [0.1, 0.15) is 36.0 Å². The molecule has 1 aromatic rings. The summed E-state index contributed by atoms with van der Waals surface area (Å²) in [5.41, 5.74) is 2.83. The van der Waals surface area contributed by atoms with Gasteiger partial charge in [-0.1, -0.05) is 12.5 Å². The summed E-state index contributed by atoms with van der Waals surface area (Å²) < 4.78 is 0. The first-order valence-corrected chi connectivity index (χ1v) is 7.13. The predicted molar refractivity (Wildman–Crippen MR) is 70.9 cm³/mol. The molecular formula is C14H18O2S. The molecule has 0 aromatic heterocycles. The topological polar surface area (TPSA) is 37.3 Å². The molecule has 3 heteroatoms. The third-order valence-electron chi connectivity index (χ3n) is 3.95. The number of thioether (sulfide) groups is 1. The first kappa shape index (κ1) is 12.5. The summed E-state index contributed by atoms with van der Waals surface area (Å²) in [6.45, 7) is 4.13. The van der Waals surface area contributed by atoms with Crippen LogP contribution in [0.5, 0.6) is 0 Å². The molecule has 1 aliphatic rings. The van der Waals surface area contributed by atoms with Crippen molar-refractivity contribution < 1.29 is 9.90 Å². The molecule has 92 valence electrons. The summed E-state index contributed by atoms with van der Waals surface area (Å²) in [6, 6.07) is 4.20. The third-order valence-corrected chi connectivity index (χ3v) is 4.73. The minimum Gasteiger partial charge on any atom is -0.481 e. The number of carboxylic acids is 1. The van der Waals surface area contributed by atoms with E-state index in [1.54, 1.807) is 11.8 Å². The van der Waals surface area contributed by atoms with Crippen LogP contribution in [0.2, 0.25) is 0 Å². The Bertz CT molecular complexity index is 462. The molecule has 0 amide bonds. The van der Waals surface area contributed by atoms with Crippen molar-refractivity contribution in [1.82, 2.24) is 0 Å². The van der Waals surface area contributed by atoms with Crippen LogP contribution in [0.15, 0.2) is 17.0 Å². The van der Waals surface area contributed by atoms with Crippen LogP contribution in [0.4, 0.5) is 0 Å². The molecule has 1 aromatic carbocycles. The number of benzene rings is 1. The average Bonchev–Trinajstić information content (AvgIpc) is 2.20. The Morgan fingerprint density at radius 3 is 2.29 bits per heavy atom. The summed E-state index contributed by atoms with van der Waals surface area (Å²) in [5, 5.41) is 9.51. The molecule has 0 heterocycles. The summed E-state index contributed by atoms with van der Waals surface area (Å²) in [6.07, 6.45) is 4.59. The number of carboxylic acid groups (broad SMARTS) is 1. The Morgan fingerprint density at radius 1 is 1.29 bits per heavy atom. The van der Waals surface area contributed by atoms with Gasteiger partial charge in [-0.25, -0.2) is 0 Å². The minimum absolute atomic E-state index is 0.614. The van der Waals surface area contributed by atoms with E-state index in [1.807, 2.05) is 6.26 Å². The molecule has 0 unspecified atom stereocenters. The van der Waals surface area contributed by atoms with E-state index in [9.17, 15) is 9.90 Å². The van der Waals surface area contributed by atoms with Gasteiger partial charge in [0, 0.05) is 4.90 Å². The van der Waals surface area contributed by atoms with Crippen molar-refractivity contribution in [3.63, 3.8) is 0 Å². The fraction of sp³-hybridized carbons (Fsp3) is 0.500. The molecule has 1 saturated carbocycles. The number of rotatable bonds is 3. The molecule has 0 atom stereocenters. The number of hydrogen-bond donors (Lipinski definition) is 1. The van der Waals surface area contributed by atoms with Crippen LogP contribution in [-0.2, 0) is 10.2 Å². The quantitative estimate of drug-likeness (QED) is 0.834. The zero-order valence-corrected chi connectivity index (χ0v) is 11.4. The molecule has 1 N–H and O–H groups in total. The molecule has 0 radical (unpaired) electrons. The Kier molecular flexibility index (Phi) is 3.21. The SMILES string of the molecule is CSc1cc(C)c(C)cc1C1(C(=O)O)CCC1. The maximum absolute atomic E-state index is 11.6. The van der Waals surface area contributed by atoms with E-state index in [1.165, 1.54) is 11.1 Å². The number of aliphatic carboxylic acids is 1. The van der Waals surface area contributed by atoms with Crippen molar-refractivity contribution in [2.24, 2.45) is 0 Å². The predicted octanol–water partition coefficient (Wildman–Crippen LogP) is 3.53. The first-order valence-electron chi connectivity index (χ1n) is 5.90. The molecule has 2 nitrogen and oxygen atoms in total. The third kappa shape index (κ3) is 1.86. The van der Waals surface area contributed by atoms with Gasteiger partial charge >= 0.3 is 5.97 Å². The minimum atomic E-state index is -0.665. The fourth-order valence-electron chi connectivity index (χ4n) is 2.46. The highest BCUT2D eigenvalue weighted by molar-refractivity contribution is 7.98. The van der Waals surface area contributed by atoms with E-state index in [-0.39, 0.29) is 0 Å². The monoisotopic (exact) mass is 250 g/mol. The van der Waals surface area contributed by atoms with Gasteiger partial charge < -0.3 is 5.11 Å². The highest BCUT2D eigenvalue weighted by atomic mass is 32.2. The van der Waals surface area contributed by atoms with Gasteiger partial charge in [-0.3, -0.25) is 4.79 Å². The van der Waals surface area contributed by atoms with E-state index in [0.717, 1.165) is 29.7 Å². The van der Waals surface area contributed by atoms with Crippen molar-refractivity contribution in [2.45, 2.75) is 43.4 Å². The summed E-state index contributed by atoms with van der Waals surface area (Å²) >= 11 is 1.65. The lowest BCUT2D eigenvalue weighted by Crippen LogP contribution is -2.42. The number of carbonyl (C=O) groups is 1. The molecule has 1 aliphatic carbocycles. The fourth-order valence-corrected chi connectivity index (χ4v) is 3.23. The van der Waals surface area contributed by atoms with Crippen molar-refractivity contribution in [2.75, 3.05) is 6.26 Å². The molecule has 0 bridgehead atoms. The van der Waals surface area contributed by atoms with Crippen molar-refractivity contribution in [3.8, 4) is 0 Å². The van der Waals surface area contributed by atoms with Gasteiger partial charge in [0.25, 0.3) is 0 Å². The maximum Gasteiger partial charge on any atom is 0.314 e. The molecule has 0 aliphatic heterocycles. The Balaban J connectivity index is 2.57. The van der Waals surface area contributed by atoms with E-state index in [2.05, 4.69) is 26.0 Å². The van der Waals surface area contributed by atoms with Crippen molar-refractivity contribution in [3.05, 3.63) is 28.8 Å². The van der Waals surface area contributed by atoms with Gasteiger partial charge in [0.05, 0.1) is 5.41 Å². The Labute approximate surface area is 106 Å². The van der Waals surface area contributed by atoms with E-state index in [4.69, 9.17) is 0 Å². The van der Waals surface area contributed by atoms with Gasteiger partial charge in [0.1, 0.15) is 0 Å². The summed E-state index contributed by atoms with van der Waals surface area (Å²) in [4.78, 5) is 12.7. The lowest BCUT2D eigenvalue weighted by atomic mass is 9.64. The number of aryl methyl sites for hydroxylation is 2. The highest BCUT2D eigenvalue weighted by Gasteiger charge is 2.47. The Hall–Kier alpha value is -0.960. The van der Waals surface area contributed by atoms with E-state index < -0.39 is 11.4 Å². The van der Waals surface area contributed by atoms with Gasteiger partial charge in [-0.05, 0) is 55.7 Å². The van der Waals surface area contributed by atoms with Gasteiger partial charge in [0.2, 0.25) is 0 Å². The molecular weight excluding hydrogens is 232 g/mol. The largest absolute Gasteiger partial charge is 0.481 e. The van der Waals surface area contributed by atoms with Crippen LogP contribution < -0.4 is 0 Å². The summed E-state index contributed by atoms with van der Waals surface area (Å²) in [5.74, 6) is -0.665. The second-order valence-electron chi connectivity index (χ2n) is 4.88. The average molecular weight is 250 g/mol. The molecule has 17 heavy (non-hydrogen) atoms. The van der Waals surface area contributed by atoms with Crippen molar-refractivity contribution in [1.29, 1.82) is 0 Å². The van der Waals surface area contributed by atoms with Crippen molar-refractivity contribution >= 4 is 17.7 Å². The van der Waals surface area contributed by atoms with Gasteiger partial charge in [0.15, 0.2) is 0 Å². The molecule has 1 fully saturated rings. The highest BCUT2D eigenvalue weighted by Crippen LogP contribution is 2.47. The molecule has 0 spiro atoms. The Morgan fingerprint density at radius 2 is 1.88 bits per heavy atom. The van der Waals surface area contributed by atoms with E-state index >= 15 is 0 Å². The standard InChI is InChI=1S/C14H18O2S/c1-9-7-11(12(17-3)8-10(9)2)14(13(15)16)5-4-6-14/h7-8H,4-6H2,1-3H3,(H,15,16). The number of hydrogen-bond acceptors (Lipinski definition) is 2. The zero-order chi connectivity index (χ0) is 12.6. The van der Waals surface area contributed by atoms with Crippen LogP contribution in [0.3, 0.4) is 0 Å². The normalized spacial score (nSPS) is 17.6. The van der Waals surface area contributed by atoms with Crippen LogP contribution in [0, 0.1) is 13.8 Å². The zero-order valence-electron chi connectivity index (χ0n) is 10.5. The van der Waals surface area contributed by atoms with Crippen LogP contribution in [-0.4, -0.2) is 17.3 Å².